The number of rotatable bonds is 4. The van der Waals surface area contributed by atoms with Gasteiger partial charge in [0, 0.05) is 32.3 Å². The van der Waals surface area contributed by atoms with Crippen molar-refractivity contribution >= 4 is 17.5 Å². The molecule has 2 aromatic heterocycles. The molecule has 0 aliphatic carbocycles. The normalized spacial score (nSPS) is 16.5. The Morgan fingerprint density at radius 1 is 1.25 bits per heavy atom. The zero-order valence-corrected chi connectivity index (χ0v) is 15.4. The molecule has 7 nitrogen and oxygen atoms in total. The van der Waals surface area contributed by atoms with Gasteiger partial charge in [-0.2, -0.15) is 5.10 Å². The van der Waals surface area contributed by atoms with Gasteiger partial charge in [0.05, 0.1) is 18.3 Å². The number of benzene rings is 1. The molecule has 1 atom stereocenters. The Hall–Kier alpha value is -3.29. The Balaban J connectivity index is 1.51. The lowest BCUT2D eigenvalue weighted by Crippen LogP contribution is -2.30. The molecule has 1 unspecified atom stereocenters. The SMILES string of the molecule is CNC(=O)c1cnn2c(C3CCN(C(=O)Cc4ccc(F)cc4)C3)ccnc12. The van der Waals surface area contributed by atoms with Crippen molar-refractivity contribution in [3.8, 4) is 0 Å². The number of carbonyl (C=O) groups is 2. The molecule has 1 saturated heterocycles. The van der Waals surface area contributed by atoms with Crippen LogP contribution in [0, 0.1) is 5.82 Å². The monoisotopic (exact) mass is 381 g/mol. The maximum Gasteiger partial charge on any atom is 0.256 e. The highest BCUT2D eigenvalue weighted by Gasteiger charge is 2.29. The molecule has 28 heavy (non-hydrogen) atoms. The summed E-state index contributed by atoms with van der Waals surface area (Å²) < 4.78 is 14.7. The molecule has 1 aliphatic heterocycles. The first-order valence-corrected chi connectivity index (χ1v) is 9.13. The number of hydrogen-bond acceptors (Lipinski definition) is 4. The summed E-state index contributed by atoms with van der Waals surface area (Å²) in [5.74, 6) is -0.414. The Morgan fingerprint density at radius 2 is 2.04 bits per heavy atom. The summed E-state index contributed by atoms with van der Waals surface area (Å²) in [6.45, 7) is 1.23. The fraction of sp³-hybridized carbons (Fsp3) is 0.300. The van der Waals surface area contributed by atoms with Crippen LogP contribution in [0.2, 0.25) is 0 Å². The van der Waals surface area contributed by atoms with Gasteiger partial charge in [-0.1, -0.05) is 12.1 Å². The minimum Gasteiger partial charge on any atom is -0.355 e. The number of hydrogen-bond donors (Lipinski definition) is 1. The standard InChI is InChI=1S/C20H20FN5O2/c1-22-20(28)16-11-24-26-17(6-8-23-19(16)26)14-7-9-25(12-14)18(27)10-13-2-4-15(21)5-3-13/h2-6,8,11,14H,7,9-10,12H2,1H3,(H,22,28). The third-order valence-corrected chi connectivity index (χ3v) is 5.13. The van der Waals surface area contributed by atoms with E-state index in [1.54, 1.807) is 29.9 Å². The van der Waals surface area contributed by atoms with Crippen LogP contribution >= 0.6 is 0 Å². The van der Waals surface area contributed by atoms with Gasteiger partial charge in [-0.25, -0.2) is 13.9 Å². The van der Waals surface area contributed by atoms with Crippen molar-refractivity contribution in [2.75, 3.05) is 20.1 Å². The van der Waals surface area contributed by atoms with E-state index in [2.05, 4.69) is 15.4 Å². The molecule has 1 fully saturated rings. The topological polar surface area (TPSA) is 79.6 Å². The van der Waals surface area contributed by atoms with Crippen molar-refractivity contribution in [1.82, 2.24) is 24.8 Å². The van der Waals surface area contributed by atoms with Gasteiger partial charge >= 0.3 is 0 Å². The summed E-state index contributed by atoms with van der Waals surface area (Å²) in [5, 5.41) is 6.92. The summed E-state index contributed by atoms with van der Waals surface area (Å²) >= 11 is 0. The molecule has 4 rings (SSSR count). The second-order valence-electron chi connectivity index (χ2n) is 6.87. The predicted molar refractivity (Wildman–Crippen MR) is 100 cm³/mol. The van der Waals surface area contributed by atoms with Gasteiger partial charge < -0.3 is 10.2 Å². The zero-order chi connectivity index (χ0) is 19.7. The minimum absolute atomic E-state index is 0.0194. The zero-order valence-electron chi connectivity index (χ0n) is 15.4. The van der Waals surface area contributed by atoms with Crippen LogP contribution in [0.1, 0.15) is 34.0 Å². The third kappa shape index (κ3) is 3.33. The van der Waals surface area contributed by atoms with E-state index in [0.717, 1.165) is 17.7 Å². The summed E-state index contributed by atoms with van der Waals surface area (Å²) in [5.41, 5.74) is 2.65. The third-order valence-electron chi connectivity index (χ3n) is 5.13. The van der Waals surface area contributed by atoms with Gasteiger partial charge in [0.1, 0.15) is 11.4 Å². The molecule has 8 heteroatoms. The van der Waals surface area contributed by atoms with E-state index in [1.165, 1.54) is 18.3 Å². The van der Waals surface area contributed by atoms with Crippen molar-refractivity contribution in [2.24, 2.45) is 0 Å². The fourth-order valence-electron chi connectivity index (χ4n) is 3.63. The van der Waals surface area contributed by atoms with E-state index in [-0.39, 0.29) is 30.0 Å². The van der Waals surface area contributed by atoms with Gasteiger partial charge in [0.25, 0.3) is 5.91 Å². The number of likely N-dealkylation sites (tertiary alicyclic amines) is 1. The molecule has 3 aromatic rings. The number of nitrogens with one attached hydrogen (secondary N) is 1. The maximum atomic E-state index is 13.0. The van der Waals surface area contributed by atoms with Crippen molar-refractivity contribution < 1.29 is 14.0 Å². The molecule has 2 amide bonds. The average molecular weight is 381 g/mol. The number of nitrogens with zero attached hydrogens (tertiary/aromatic N) is 4. The fourth-order valence-corrected chi connectivity index (χ4v) is 3.63. The van der Waals surface area contributed by atoms with Gasteiger partial charge in [-0.3, -0.25) is 9.59 Å². The van der Waals surface area contributed by atoms with Crippen LogP contribution in [-0.2, 0) is 11.2 Å². The molecule has 0 saturated carbocycles. The number of carbonyl (C=O) groups excluding carboxylic acids is 2. The van der Waals surface area contributed by atoms with Crippen LogP contribution in [0.3, 0.4) is 0 Å². The molecule has 3 heterocycles. The summed E-state index contributed by atoms with van der Waals surface area (Å²) in [7, 11) is 1.57. The van der Waals surface area contributed by atoms with Crippen LogP contribution in [0.25, 0.3) is 5.65 Å². The van der Waals surface area contributed by atoms with E-state index in [0.29, 0.717) is 24.3 Å². The lowest BCUT2D eigenvalue weighted by atomic mass is 10.0. The highest BCUT2D eigenvalue weighted by Crippen LogP contribution is 2.28. The molecule has 0 radical (unpaired) electrons. The number of amides is 2. The Morgan fingerprint density at radius 3 is 2.79 bits per heavy atom. The molecular formula is C20H20FN5O2. The van der Waals surface area contributed by atoms with E-state index in [1.807, 2.05) is 11.0 Å². The van der Waals surface area contributed by atoms with Crippen molar-refractivity contribution in [3.05, 3.63) is 65.4 Å². The molecule has 144 valence electrons. The average Bonchev–Trinajstić information content (AvgIpc) is 3.36. The Bertz CT molecular complexity index is 1030. The number of halogens is 1. The molecule has 1 aliphatic rings. The summed E-state index contributed by atoms with van der Waals surface area (Å²) in [6.07, 6.45) is 4.24. The summed E-state index contributed by atoms with van der Waals surface area (Å²) in [6, 6.07) is 7.89. The van der Waals surface area contributed by atoms with E-state index in [4.69, 9.17) is 0 Å². The smallest absolute Gasteiger partial charge is 0.256 e. The van der Waals surface area contributed by atoms with Crippen molar-refractivity contribution in [1.29, 1.82) is 0 Å². The Kier molecular flexibility index (Phi) is 4.77. The molecule has 1 aromatic carbocycles. The van der Waals surface area contributed by atoms with Crippen LogP contribution in [0.15, 0.2) is 42.7 Å². The second kappa shape index (κ2) is 7.38. The van der Waals surface area contributed by atoms with Crippen molar-refractivity contribution in [3.63, 3.8) is 0 Å². The first-order chi connectivity index (χ1) is 13.6. The number of fused-ring (bicyclic) bond motifs is 1. The van der Waals surface area contributed by atoms with Crippen molar-refractivity contribution in [2.45, 2.75) is 18.8 Å². The minimum atomic E-state index is -0.311. The first kappa shape index (κ1) is 18.1. The first-order valence-electron chi connectivity index (χ1n) is 9.13. The van der Waals surface area contributed by atoms with E-state index >= 15 is 0 Å². The van der Waals surface area contributed by atoms with Crippen LogP contribution in [-0.4, -0.2) is 51.4 Å². The Labute approximate surface area is 161 Å². The lowest BCUT2D eigenvalue weighted by molar-refractivity contribution is -0.129. The van der Waals surface area contributed by atoms with Gasteiger partial charge in [0.2, 0.25) is 5.91 Å². The van der Waals surface area contributed by atoms with Crippen LogP contribution in [0.5, 0.6) is 0 Å². The molecular weight excluding hydrogens is 361 g/mol. The highest BCUT2D eigenvalue weighted by molar-refractivity contribution is 5.99. The van der Waals surface area contributed by atoms with Gasteiger partial charge in [-0.15, -0.1) is 0 Å². The number of aromatic nitrogens is 3. The highest BCUT2D eigenvalue weighted by atomic mass is 19.1. The lowest BCUT2D eigenvalue weighted by Gasteiger charge is -2.17. The predicted octanol–water partition coefficient (Wildman–Crippen LogP) is 1.79. The van der Waals surface area contributed by atoms with Gasteiger partial charge in [-0.05, 0) is 30.2 Å². The molecule has 0 spiro atoms. The molecule has 0 bridgehead atoms. The molecule has 1 N–H and O–H groups in total. The van der Waals surface area contributed by atoms with Gasteiger partial charge in [0.15, 0.2) is 5.65 Å². The van der Waals surface area contributed by atoms with E-state index in [9.17, 15) is 14.0 Å². The van der Waals surface area contributed by atoms with Crippen LogP contribution < -0.4 is 5.32 Å². The van der Waals surface area contributed by atoms with Crippen LogP contribution in [0.4, 0.5) is 4.39 Å². The second-order valence-corrected chi connectivity index (χ2v) is 6.87. The maximum absolute atomic E-state index is 13.0. The van der Waals surface area contributed by atoms with E-state index < -0.39 is 0 Å². The quantitative estimate of drug-likeness (QED) is 0.747. The summed E-state index contributed by atoms with van der Waals surface area (Å²) in [4.78, 5) is 30.7. The largest absolute Gasteiger partial charge is 0.355 e.